The third kappa shape index (κ3) is 6.29. The fourth-order valence-electron chi connectivity index (χ4n) is 1.08. The van der Waals surface area contributed by atoms with Crippen LogP contribution in [0, 0.1) is 5.82 Å². The number of hydrogen-bond donors (Lipinski definition) is 1. The Labute approximate surface area is 113 Å². The average Bonchev–Trinajstić information content (AvgIpc) is 2.24. The summed E-state index contributed by atoms with van der Waals surface area (Å²) in [5, 5.41) is 4.79. The maximum Gasteiger partial charge on any atom is 0.211 e. The zero-order valence-electron chi connectivity index (χ0n) is 9.43. The van der Waals surface area contributed by atoms with Gasteiger partial charge in [0.15, 0.2) is 0 Å². The lowest BCUT2D eigenvalue weighted by Gasteiger charge is -2.08. The van der Waals surface area contributed by atoms with Gasteiger partial charge < -0.3 is 9.47 Å². The summed E-state index contributed by atoms with van der Waals surface area (Å²) in [6.45, 7) is 0.473. The van der Waals surface area contributed by atoms with Crippen LogP contribution in [0.3, 0.4) is 0 Å². The van der Waals surface area contributed by atoms with Crippen LogP contribution in [0.4, 0.5) is 4.39 Å². The molecule has 18 heavy (non-hydrogen) atoms. The predicted octanol–water partition coefficient (Wildman–Crippen LogP) is 1.27. The van der Waals surface area contributed by atoms with Crippen molar-refractivity contribution >= 4 is 26.0 Å². The monoisotopic (exact) mass is 341 g/mol. The van der Waals surface area contributed by atoms with Crippen molar-refractivity contribution < 1.29 is 22.3 Å². The molecule has 2 N–H and O–H groups in total. The summed E-state index contributed by atoms with van der Waals surface area (Å²) in [7, 11) is -3.49. The molecular weight excluding hydrogens is 329 g/mol. The minimum Gasteiger partial charge on any atom is -0.490 e. The van der Waals surface area contributed by atoms with Crippen molar-refractivity contribution in [3.8, 4) is 5.75 Å². The number of nitrogens with two attached hydrogens (primary N) is 1. The van der Waals surface area contributed by atoms with Gasteiger partial charge in [0.05, 0.1) is 23.4 Å². The SMILES string of the molecule is NS(=O)(=O)CCOCCOc1ccc(F)cc1Br. The van der Waals surface area contributed by atoms with E-state index in [0.717, 1.165) is 0 Å². The highest BCUT2D eigenvalue weighted by molar-refractivity contribution is 9.10. The highest BCUT2D eigenvalue weighted by atomic mass is 79.9. The highest BCUT2D eigenvalue weighted by Gasteiger charge is 2.04. The lowest BCUT2D eigenvalue weighted by molar-refractivity contribution is 0.111. The Balaban J connectivity index is 2.22. The van der Waals surface area contributed by atoms with Gasteiger partial charge in [0.25, 0.3) is 0 Å². The van der Waals surface area contributed by atoms with E-state index in [1.54, 1.807) is 0 Å². The van der Waals surface area contributed by atoms with Crippen LogP contribution in [0.25, 0.3) is 0 Å². The van der Waals surface area contributed by atoms with Gasteiger partial charge in [-0.25, -0.2) is 17.9 Å². The molecule has 0 fully saturated rings. The Bertz CT molecular complexity index is 495. The van der Waals surface area contributed by atoms with Crippen LogP contribution in [0.2, 0.25) is 0 Å². The van der Waals surface area contributed by atoms with Crippen LogP contribution in [-0.4, -0.2) is 34.0 Å². The molecule has 0 aliphatic rings. The summed E-state index contributed by atoms with van der Waals surface area (Å²) in [5.41, 5.74) is 0. The normalized spacial score (nSPS) is 11.5. The van der Waals surface area contributed by atoms with E-state index in [1.807, 2.05) is 0 Å². The van der Waals surface area contributed by atoms with E-state index in [-0.39, 0.29) is 31.4 Å². The van der Waals surface area contributed by atoms with Crippen LogP contribution in [0.1, 0.15) is 0 Å². The van der Waals surface area contributed by atoms with Gasteiger partial charge in [0.2, 0.25) is 10.0 Å². The Morgan fingerprint density at radius 3 is 2.61 bits per heavy atom. The number of hydrogen-bond acceptors (Lipinski definition) is 4. The standard InChI is InChI=1S/C10H13BrFNO4S/c11-9-7-8(12)1-2-10(9)17-4-3-16-5-6-18(13,14)15/h1-2,7H,3-6H2,(H2,13,14,15). The summed E-state index contributed by atoms with van der Waals surface area (Å²) >= 11 is 3.15. The molecule has 1 aromatic rings. The summed E-state index contributed by atoms with van der Waals surface area (Å²) in [6, 6.07) is 4.06. The Morgan fingerprint density at radius 1 is 1.28 bits per heavy atom. The van der Waals surface area contributed by atoms with Gasteiger partial charge in [-0.05, 0) is 34.1 Å². The van der Waals surface area contributed by atoms with Crippen molar-refractivity contribution in [3.63, 3.8) is 0 Å². The fourth-order valence-corrected chi connectivity index (χ4v) is 1.90. The molecule has 0 aliphatic carbocycles. The number of rotatable bonds is 7. The average molecular weight is 342 g/mol. The summed E-state index contributed by atoms with van der Waals surface area (Å²) in [4.78, 5) is 0. The Morgan fingerprint density at radius 2 is 2.00 bits per heavy atom. The van der Waals surface area contributed by atoms with Crippen LogP contribution >= 0.6 is 15.9 Å². The molecule has 0 amide bonds. The molecule has 0 atom stereocenters. The van der Waals surface area contributed by atoms with Gasteiger partial charge >= 0.3 is 0 Å². The van der Waals surface area contributed by atoms with Gasteiger partial charge in [-0.3, -0.25) is 0 Å². The van der Waals surface area contributed by atoms with E-state index in [1.165, 1.54) is 18.2 Å². The summed E-state index contributed by atoms with van der Waals surface area (Å²) in [5.74, 6) is -0.0992. The lowest BCUT2D eigenvalue weighted by atomic mass is 10.3. The first-order chi connectivity index (χ1) is 8.38. The third-order valence-corrected chi connectivity index (χ3v) is 3.25. The molecule has 0 aromatic heterocycles. The molecule has 5 nitrogen and oxygen atoms in total. The zero-order valence-corrected chi connectivity index (χ0v) is 11.8. The molecule has 0 aliphatic heterocycles. The van der Waals surface area contributed by atoms with Crippen molar-refractivity contribution in [3.05, 3.63) is 28.5 Å². The third-order valence-electron chi connectivity index (χ3n) is 1.89. The Hall–Kier alpha value is -0.700. The number of sulfonamides is 1. The van der Waals surface area contributed by atoms with Gasteiger partial charge in [0, 0.05) is 0 Å². The van der Waals surface area contributed by atoms with Crippen LogP contribution in [0.5, 0.6) is 5.75 Å². The lowest BCUT2D eigenvalue weighted by Crippen LogP contribution is -2.21. The largest absolute Gasteiger partial charge is 0.490 e. The van der Waals surface area contributed by atoms with Crippen molar-refractivity contribution in [2.45, 2.75) is 0 Å². The molecule has 8 heteroatoms. The van der Waals surface area contributed by atoms with E-state index in [9.17, 15) is 12.8 Å². The van der Waals surface area contributed by atoms with Gasteiger partial charge in [-0.2, -0.15) is 0 Å². The number of halogens is 2. The molecule has 0 heterocycles. The second kappa shape index (κ2) is 7.03. The molecule has 0 unspecified atom stereocenters. The van der Waals surface area contributed by atoms with Gasteiger partial charge in [-0.15, -0.1) is 0 Å². The van der Waals surface area contributed by atoms with Crippen LogP contribution in [0.15, 0.2) is 22.7 Å². The number of ether oxygens (including phenoxy) is 2. The van der Waals surface area contributed by atoms with E-state index in [0.29, 0.717) is 10.2 Å². The predicted molar refractivity (Wildman–Crippen MR) is 68.4 cm³/mol. The van der Waals surface area contributed by atoms with Crippen molar-refractivity contribution in [2.24, 2.45) is 5.14 Å². The maximum atomic E-state index is 12.8. The van der Waals surface area contributed by atoms with Gasteiger partial charge in [-0.1, -0.05) is 0 Å². The van der Waals surface area contributed by atoms with Crippen molar-refractivity contribution in [2.75, 3.05) is 25.6 Å². The first kappa shape index (κ1) is 15.4. The van der Waals surface area contributed by atoms with Crippen LogP contribution < -0.4 is 9.88 Å². The second-order valence-corrected chi connectivity index (χ2v) is 5.99. The van der Waals surface area contributed by atoms with Crippen LogP contribution in [-0.2, 0) is 14.8 Å². The number of benzene rings is 1. The summed E-state index contributed by atoms with van der Waals surface area (Å²) in [6.07, 6.45) is 0. The van der Waals surface area contributed by atoms with Crippen molar-refractivity contribution in [1.29, 1.82) is 0 Å². The molecule has 0 bridgehead atoms. The Kier molecular flexibility index (Phi) is 6.00. The minimum absolute atomic E-state index is 0.0206. The van der Waals surface area contributed by atoms with E-state index in [2.05, 4.69) is 15.9 Å². The quantitative estimate of drug-likeness (QED) is 0.757. The molecular formula is C10H13BrFNO4S. The second-order valence-electron chi connectivity index (χ2n) is 3.40. The topological polar surface area (TPSA) is 78.6 Å². The highest BCUT2D eigenvalue weighted by Crippen LogP contribution is 2.25. The first-order valence-electron chi connectivity index (χ1n) is 5.04. The maximum absolute atomic E-state index is 12.8. The number of primary sulfonamides is 1. The molecule has 0 radical (unpaired) electrons. The molecule has 102 valence electrons. The van der Waals surface area contributed by atoms with Gasteiger partial charge in [0.1, 0.15) is 18.2 Å². The van der Waals surface area contributed by atoms with Crippen molar-refractivity contribution in [1.82, 2.24) is 0 Å². The zero-order chi connectivity index (χ0) is 13.6. The molecule has 1 rings (SSSR count). The smallest absolute Gasteiger partial charge is 0.211 e. The van der Waals surface area contributed by atoms with E-state index < -0.39 is 10.0 Å². The molecule has 0 saturated heterocycles. The first-order valence-corrected chi connectivity index (χ1v) is 7.55. The van der Waals surface area contributed by atoms with E-state index >= 15 is 0 Å². The summed E-state index contributed by atoms with van der Waals surface area (Å²) < 4.78 is 44.8. The fraction of sp³-hybridized carbons (Fsp3) is 0.400. The van der Waals surface area contributed by atoms with E-state index in [4.69, 9.17) is 14.6 Å². The molecule has 0 spiro atoms. The molecule has 1 aromatic carbocycles. The minimum atomic E-state index is -3.49. The molecule has 0 saturated carbocycles.